The van der Waals surface area contributed by atoms with Crippen LogP contribution < -0.4 is 5.32 Å². The number of nitrogens with one attached hydrogen (secondary N) is 1. The van der Waals surface area contributed by atoms with E-state index in [1.807, 2.05) is 0 Å². The largest absolute Gasteiger partial charge is 0.382 e. The Bertz CT molecular complexity index is 667. The number of hydrogen-bond donors (Lipinski definition) is 1. The van der Waals surface area contributed by atoms with Gasteiger partial charge < -0.3 is 10.1 Å². The summed E-state index contributed by atoms with van der Waals surface area (Å²) in [6, 6.07) is 3.81. The Labute approximate surface area is 142 Å². The molecule has 1 aliphatic carbocycles. The molecular formula is C16H24N2O5S. The summed E-state index contributed by atoms with van der Waals surface area (Å²) in [5, 5.41) is 13.8. The summed E-state index contributed by atoms with van der Waals surface area (Å²) in [6.07, 6.45) is 8.38. The number of non-ortho nitro benzene ring substituents is 1. The lowest BCUT2D eigenvalue weighted by molar-refractivity contribution is -0.385. The first-order valence-corrected chi connectivity index (χ1v) is 10.1. The first-order valence-electron chi connectivity index (χ1n) is 8.22. The number of ether oxygens (including phenoxy) is 1. The highest BCUT2D eigenvalue weighted by Crippen LogP contribution is 2.26. The van der Waals surface area contributed by atoms with Crippen molar-refractivity contribution in [3.8, 4) is 0 Å². The predicted octanol–water partition coefficient (Wildman–Crippen LogP) is 3.15. The lowest BCUT2D eigenvalue weighted by Crippen LogP contribution is -2.18. The van der Waals surface area contributed by atoms with Gasteiger partial charge in [0, 0.05) is 24.9 Å². The maximum Gasteiger partial charge on any atom is 0.270 e. The van der Waals surface area contributed by atoms with Crippen LogP contribution in [0.1, 0.15) is 38.5 Å². The fourth-order valence-electron chi connectivity index (χ4n) is 2.90. The highest BCUT2D eigenvalue weighted by molar-refractivity contribution is 7.90. The smallest absolute Gasteiger partial charge is 0.270 e. The highest BCUT2D eigenvalue weighted by Gasteiger charge is 2.18. The van der Waals surface area contributed by atoms with E-state index in [4.69, 9.17) is 4.74 Å². The molecule has 1 aromatic carbocycles. The van der Waals surface area contributed by atoms with E-state index in [0.29, 0.717) is 18.8 Å². The zero-order chi connectivity index (χ0) is 17.6. The second kappa shape index (κ2) is 8.43. The standard InChI is InChI=1S/C16H24N2O5S/c1-24(21,22)16-12-13(18(19)20)8-9-15(16)17-10-11-23-14-6-4-2-3-5-7-14/h8-9,12,14,17H,2-7,10-11H2,1H3. The summed E-state index contributed by atoms with van der Waals surface area (Å²) in [5.41, 5.74) is 0.128. The van der Waals surface area contributed by atoms with Crippen LogP contribution in [0.15, 0.2) is 23.1 Å². The Kier molecular flexibility index (Phi) is 6.56. The molecule has 7 nitrogen and oxygen atoms in total. The lowest BCUT2D eigenvalue weighted by Gasteiger charge is -2.16. The number of anilines is 1. The molecule has 0 amide bonds. The van der Waals surface area contributed by atoms with Crippen LogP contribution in [0, 0.1) is 10.1 Å². The zero-order valence-electron chi connectivity index (χ0n) is 13.9. The van der Waals surface area contributed by atoms with Crippen molar-refractivity contribution in [3.05, 3.63) is 28.3 Å². The van der Waals surface area contributed by atoms with Crippen LogP contribution in [0.3, 0.4) is 0 Å². The van der Waals surface area contributed by atoms with Gasteiger partial charge in [-0.3, -0.25) is 10.1 Å². The third-order valence-corrected chi connectivity index (χ3v) is 5.29. The van der Waals surface area contributed by atoms with Crippen molar-refractivity contribution in [1.29, 1.82) is 0 Å². The first-order chi connectivity index (χ1) is 11.4. The summed E-state index contributed by atoms with van der Waals surface area (Å²) in [7, 11) is -3.56. The summed E-state index contributed by atoms with van der Waals surface area (Å²) >= 11 is 0. The van der Waals surface area contributed by atoms with E-state index in [9.17, 15) is 18.5 Å². The van der Waals surface area contributed by atoms with E-state index in [1.54, 1.807) is 0 Å². The molecule has 2 rings (SSSR count). The van der Waals surface area contributed by atoms with E-state index in [-0.39, 0.29) is 16.7 Å². The van der Waals surface area contributed by atoms with Crippen molar-refractivity contribution in [1.82, 2.24) is 0 Å². The monoisotopic (exact) mass is 356 g/mol. The van der Waals surface area contributed by atoms with E-state index >= 15 is 0 Å². The van der Waals surface area contributed by atoms with Crippen LogP contribution in [-0.2, 0) is 14.6 Å². The second-order valence-corrected chi connectivity index (χ2v) is 8.11. The molecule has 0 atom stereocenters. The number of nitro benzene ring substituents is 1. The molecule has 0 radical (unpaired) electrons. The third-order valence-electron chi connectivity index (χ3n) is 4.15. The number of nitro groups is 1. The number of hydrogen-bond acceptors (Lipinski definition) is 6. The minimum atomic E-state index is -3.56. The zero-order valence-corrected chi connectivity index (χ0v) is 14.7. The molecule has 0 heterocycles. The van der Waals surface area contributed by atoms with Gasteiger partial charge in [-0.15, -0.1) is 0 Å². The summed E-state index contributed by atoms with van der Waals surface area (Å²) in [5.74, 6) is 0. The van der Waals surface area contributed by atoms with Crippen LogP contribution in [0.5, 0.6) is 0 Å². The van der Waals surface area contributed by atoms with Crippen LogP contribution in [-0.4, -0.2) is 38.9 Å². The summed E-state index contributed by atoms with van der Waals surface area (Å²) in [6.45, 7) is 0.932. The number of sulfone groups is 1. The van der Waals surface area contributed by atoms with Crippen LogP contribution in [0.2, 0.25) is 0 Å². The quantitative estimate of drug-likeness (QED) is 0.349. The molecule has 1 fully saturated rings. The van der Waals surface area contributed by atoms with Gasteiger partial charge in [-0.25, -0.2) is 8.42 Å². The van der Waals surface area contributed by atoms with E-state index in [1.165, 1.54) is 37.8 Å². The Morgan fingerprint density at radius 1 is 1.25 bits per heavy atom. The van der Waals surface area contributed by atoms with Gasteiger partial charge in [-0.2, -0.15) is 0 Å². The molecule has 0 saturated heterocycles. The van der Waals surface area contributed by atoms with Crippen molar-refractivity contribution in [3.63, 3.8) is 0 Å². The van der Waals surface area contributed by atoms with E-state index in [0.717, 1.165) is 25.2 Å². The Morgan fingerprint density at radius 3 is 2.50 bits per heavy atom. The molecule has 1 saturated carbocycles. The predicted molar refractivity (Wildman–Crippen MR) is 92.1 cm³/mol. The number of benzene rings is 1. The van der Waals surface area contributed by atoms with Crippen molar-refractivity contribution in [2.45, 2.75) is 49.5 Å². The highest BCUT2D eigenvalue weighted by atomic mass is 32.2. The van der Waals surface area contributed by atoms with E-state index < -0.39 is 14.8 Å². The maximum absolute atomic E-state index is 11.9. The molecule has 0 bridgehead atoms. The summed E-state index contributed by atoms with van der Waals surface area (Å²) in [4.78, 5) is 10.2. The topological polar surface area (TPSA) is 98.5 Å². The average molecular weight is 356 g/mol. The third kappa shape index (κ3) is 5.45. The molecule has 0 spiro atoms. The van der Waals surface area contributed by atoms with E-state index in [2.05, 4.69) is 5.32 Å². The molecule has 0 unspecified atom stereocenters. The van der Waals surface area contributed by atoms with Gasteiger partial charge in [0.2, 0.25) is 0 Å². The Hall–Kier alpha value is -1.67. The average Bonchev–Trinajstić information content (AvgIpc) is 2.79. The van der Waals surface area contributed by atoms with Gasteiger partial charge in [0.15, 0.2) is 9.84 Å². The SMILES string of the molecule is CS(=O)(=O)c1cc([N+](=O)[O-])ccc1NCCOC1CCCCCC1. The van der Waals surface area contributed by atoms with Gasteiger partial charge in [0.25, 0.3) is 5.69 Å². The van der Waals surface area contributed by atoms with Crippen molar-refractivity contribution in [2.75, 3.05) is 24.7 Å². The lowest BCUT2D eigenvalue weighted by atomic mass is 10.1. The Balaban J connectivity index is 1.95. The molecule has 1 aromatic rings. The van der Waals surface area contributed by atoms with Gasteiger partial charge in [0.1, 0.15) is 0 Å². The van der Waals surface area contributed by atoms with Gasteiger partial charge in [-0.05, 0) is 18.9 Å². The Morgan fingerprint density at radius 2 is 1.92 bits per heavy atom. The van der Waals surface area contributed by atoms with Crippen LogP contribution in [0.25, 0.3) is 0 Å². The fourth-order valence-corrected chi connectivity index (χ4v) is 3.77. The normalized spacial score (nSPS) is 16.5. The van der Waals surface area contributed by atoms with Crippen molar-refractivity contribution >= 4 is 21.2 Å². The number of rotatable bonds is 7. The van der Waals surface area contributed by atoms with Gasteiger partial charge in [-0.1, -0.05) is 25.7 Å². The van der Waals surface area contributed by atoms with Crippen LogP contribution >= 0.6 is 0 Å². The second-order valence-electron chi connectivity index (χ2n) is 6.12. The first kappa shape index (κ1) is 18.7. The molecule has 134 valence electrons. The maximum atomic E-state index is 11.9. The van der Waals surface area contributed by atoms with Crippen molar-refractivity contribution in [2.24, 2.45) is 0 Å². The molecule has 0 aliphatic heterocycles. The van der Waals surface area contributed by atoms with Gasteiger partial charge >= 0.3 is 0 Å². The molecule has 1 N–H and O–H groups in total. The van der Waals surface area contributed by atoms with Crippen molar-refractivity contribution < 1.29 is 18.1 Å². The summed E-state index contributed by atoms with van der Waals surface area (Å²) < 4.78 is 29.6. The molecular weight excluding hydrogens is 332 g/mol. The molecule has 0 aromatic heterocycles. The minimum absolute atomic E-state index is 0.0637. The molecule has 1 aliphatic rings. The fraction of sp³-hybridized carbons (Fsp3) is 0.625. The number of nitrogens with zero attached hydrogens (tertiary/aromatic N) is 1. The van der Waals surface area contributed by atoms with Gasteiger partial charge in [0.05, 0.1) is 28.2 Å². The molecule has 8 heteroatoms. The van der Waals surface area contributed by atoms with Crippen LogP contribution in [0.4, 0.5) is 11.4 Å². The molecule has 24 heavy (non-hydrogen) atoms. The minimum Gasteiger partial charge on any atom is -0.382 e.